The van der Waals surface area contributed by atoms with Crippen molar-refractivity contribution in [1.29, 1.82) is 0 Å². The van der Waals surface area contributed by atoms with Crippen LogP contribution in [0.5, 0.6) is 0 Å². The minimum absolute atomic E-state index is 0.129. The largest absolute Gasteiger partial charge is 0.387 e. The summed E-state index contributed by atoms with van der Waals surface area (Å²) in [6, 6.07) is 3.36. The fourth-order valence-corrected chi connectivity index (χ4v) is 1.78. The fourth-order valence-electron chi connectivity index (χ4n) is 1.78. The van der Waals surface area contributed by atoms with Gasteiger partial charge >= 0.3 is 0 Å². The Hall–Kier alpha value is -1.73. The summed E-state index contributed by atoms with van der Waals surface area (Å²) in [5.41, 5.74) is -1.20. The molecule has 7 heteroatoms. The third kappa shape index (κ3) is 4.80. The Morgan fingerprint density at radius 1 is 1.53 bits per heavy atom. The Morgan fingerprint density at radius 3 is 2.63 bits per heavy atom. The van der Waals surface area contributed by atoms with Crippen LogP contribution in [0.25, 0.3) is 0 Å². The molecule has 1 atom stereocenters. The van der Waals surface area contributed by atoms with E-state index in [9.17, 15) is 19.6 Å². The molecule has 0 radical (unpaired) electrons. The minimum Gasteiger partial charge on any atom is -0.387 e. The molecule has 0 heterocycles. The molecule has 1 aromatic rings. The second-order valence-electron chi connectivity index (χ2n) is 5.01. The molecular formula is C12H18FN3O3. The SMILES string of the molecule is CN(C)CC(C)(O)CNc1ccc([N+](=O)[O-])cc1F. The van der Waals surface area contributed by atoms with E-state index in [1.54, 1.807) is 6.92 Å². The van der Waals surface area contributed by atoms with E-state index in [1.807, 2.05) is 19.0 Å². The molecule has 6 nitrogen and oxygen atoms in total. The van der Waals surface area contributed by atoms with Gasteiger partial charge in [0.25, 0.3) is 5.69 Å². The van der Waals surface area contributed by atoms with Gasteiger partial charge in [-0.1, -0.05) is 0 Å². The lowest BCUT2D eigenvalue weighted by atomic mass is 10.1. The monoisotopic (exact) mass is 271 g/mol. The molecule has 2 N–H and O–H groups in total. The Kier molecular flexibility index (Phi) is 4.79. The van der Waals surface area contributed by atoms with Gasteiger partial charge in [0.2, 0.25) is 0 Å². The number of halogens is 1. The molecule has 0 saturated carbocycles. The number of likely N-dealkylation sites (N-methyl/N-ethyl adjacent to an activating group) is 1. The number of nitro groups is 1. The van der Waals surface area contributed by atoms with E-state index in [0.29, 0.717) is 6.54 Å². The van der Waals surface area contributed by atoms with Crippen molar-refractivity contribution in [2.24, 2.45) is 0 Å². The number of hydrogen-bond donors (Lipinski definition) is 2. The van der Waals surface area contributed by atoms with Crippen LogP contribution < -0.4 is 5.32 Å². The number of anilines is 1. The molecule has 1 unspecified atom stereocenters. The van der Waals surface area contributed by atoms with Gasteiger partial charge < -0.3 is 15.3 Å². The highest BCUT2D eigenvalue weighted by molar-refractivity contribution is 5.50. The fraction of sp³-hybridized carbons (Fsp3) is 0.500. The van der Waals surface area contributed by atoms with Gasteiger partial charge in [0.15, 0.2) is 5.82 Å². The molecule has 0 spiro atoms. The summed E-state index contributed by atoms with van der Waals surface area (Å²) in [6.07, 6.45) is 0. The van der Waals surface area contributed by atoms with E-state index in [1.165, 1.54) is 12.1 Å². The number of rotatable bonds is 6. The topological polar surface area (TPSA) is 78.6 Å². The first-order valence-corrected chi connectivity index (χ1v) is 5.76. The second kappa shape index (κ2) is 5.94. The van der Waals surface area contributed by atoms with Crippen LogP contribution >= 0.6 is 0 Å². The Balaban J connectivity index is 2.71. The molecule has 19 heavy (non-hydrogen) atoms. The van der Waals surface area contributed by atoms with Crippen molar-refractivity contribution in [1.82, 2.24) is 4.90 Å². The van der Waals surface area contributed by atoms with Gasteiger partial charge in [-0.05, 0) is 27.1 Å². The van der Waals surface area contributed by atoms with Crippen molar-refractivity contribution in [3.8, 4) is 0 Å². The van der Waals surface area contributed by atoms with Crippen molar-refractivity contribution in [2.45, 2.75) is 12.5 Å². The number of benzene rings is 1. The van der Waals surface area contributed by atoms with E-state index in [2.05, 4.69) is 5.32 Å². The molecule has 106 valence electrons. The molecule has 0 aromatic heterocycles. The van der Waals surface area contributed by atoms with Crippen molar-refractivity contribution in [3.05, 3.63) is 34.1 Å². The Labute approximate surface area is 111 Å². The van der Waals surface area contributed by atoms with Crippen molar-refractivity contribution in [2.75, 3.05) is 32.5 Å². The zero-order valence-electron chi connectivity index (χ0n) is 11.2. The standard InChI is InChI=1S/C12H18FN3O3/c1-12(17,8-15(2)3)7-14-11-5-4-9(16(18)19)6-10(11)13/h4-6,14,17H,7-8H2,1-3H3. The summed E-state index contributed by atoms with van der Waals surface area (Å²) in [5.74, 6) is -0.713. The molecule has 0 fully saturated rings. The summed E-state index contributed by atoms with van der Waals surface area (Å²) in [5, 5.41) is 23.3. The zero-order chi connectivity index (χ0) is 14.6. The number of nitrogens with one attached hydrogen (secondary N) is 1. The Morgan fingerprint density at radius 2 is 2.16 bits per heavy atom. The molecule has 1 rings (SSSR count). The van der Waals surface area contributed by atoms with Gasteiger partial charge in [-0.25, -0.2) is 4.39 Å². The summed E-state index contributed by atoms with van der Waals surface area (Å²) in [4.78, 5) is 11.6. The maximum Gasteiger partial charge on any atom is 0.272 e. The maximum absolute atomic E-state index is 13.6. The number of nitro benzene ring substituents is 1. The third-order valence-corrected chi connectivity index (χ3v) is 2.48. The van der Waals surface area contributed by atoms with Crippen molar-refractivity contribution < 1.29 is 14.4 Å². The van der Waals surface area contributed by atoms with Gasteiger partial charge in [0.05, 0.1) is 22.3 Å². The summed E-state index contributed by atoms with van der Waals surface area (Å²) >= 11 is 0. The molecule has 0 amide bonds. The average molecular weight is 271 g/mol. The normalized spacial score (nSPS) is 14.2. The molecule has 0 aliphatic rings. The molecule has 0 aliphatic carbocycles. The summed E-state index contributed by atoms with van der Waals surface area (Å²) in [7, 11) is 3.64. The average Bonchev–Trinajstić information content (AvgIpc) is 2.25. The van der Waals surface area contributed by atoms with Crippen LogP contribution in [0.1, 0.15) is 6.92 Å². The van der Waals surface area contributed by atoms with E-state index in [0.717, 1.165) is 6.07 Å². The number of aliphatic hydroxyl groups is 1. The van der Waals surface area contributed by atoms with Gasteiger partial charge in [0.1, 0.15) is 0 Å². The lowest BCUT2D eigenvalue weighted by molar-refractivity contribution is -0.385. The van der Waals surface area contributed by atoms with Gasteiger partial charge in [0, 0.05) is 19.2 Å². The highest BCUT2D eigenvalue weighted by atomic mass is 19.1. The van der Waals surface area contributed by atoms with Crippen LogP contribution in [-0.2, 0) is 0 Å². The van der Waals surface area contributed by atoms with E-state index in [4.69, 9.17) is 0 Å². The van der Waals surface area contributed by atoms with E-state index in [-0.39, 0.29) is 17.9 Å². The lowest BCUT2D eigenvalue weighted by Crippen LogP contribution is -2.43. The van der Waals surface area contributed by atoms with Crippen LogP contribution in [0, 0.1) is 15.9 Å². The van der Waals surface area contributed by atoms with Crippen LogP contribution in [0.4, 0.5) is 15.8 Å². The van der Waals surface area contributed by atoms with Gasteiger partial charge in [-0.3, -0.25) is 10.1 Å². The third-order valence-electron chi connectivity index (χ3n) is 2.48. The first kappa shape index (κ1) is 15.3. The quantitative estimate of drug-likeness (QED) is 0.605. The summed E-state index contributed by atoms with van der Waals surface area (Å²) < 4.78 is 13.6. The lowest BCUT2D eigenvalue weighted by Gasteiger charge is -2.27. The predicted octanol–water partition coefficient (Wildman–Crippen LogP) is 1.46. The smallest absolute Gasteiger partial charge is 0.272 e. The van der Waals surface area contributed by atoms with E-state index >= 15 is 0 Å². The number of nitrogens with zero attached hydrogens (tertiary/aromatic N) is 2. The first-order valence-electron chi connectivity index (χ1n) is 5.76. The van der Waals surface area contributed by atoms with Crippen LogP contribution in [-0.4, -0.2) is 47.7 Å². The molecule has 0 saturated heterocycles. The molecule has 0 bridgehead atoms. The van der Waals surface area contributed by atoms with Crippen molar-refractivity contribution in [3.63, 3.8) is 0 Å². The molecule has 1 aromatic carbocycles. The highest BCUT2D eigenvalue weighted by Crippen LogP contribution is 2.21. The second-order valence-corrected chi connectivity index (χ2v) is 5.01. The maximum atomic E-state index is 13.6. The first-order chi connectivity index (χ1) is 8.71. The molecule has 0 aliphatic heterocycles. The Bertz CT molecular complexity index is 464. The van der Waals surface area contributed by atoms with Crippen LogP contribution in [0.15, 0.2) is 18.2 Å². The van der Waals surface area contributed by atoms with E-state index < -0.39 is 16.3 Å². The van der Waals surface area contributed by atoms with Crippen LogP contribution in [0.2, 0.25) is 0 Å². The summed E-state index contributed by atoms with van der Waals surface area (Å²) in [6.45, 7) is 2.18. The van der Waals surface area contributed by atoms with Gasteiger partial charge in [-0.15, -0.1) is 0 Å². The number of non-ortho nitro benzene ring substituents is 1. The highest BCUT2D eigenvalue weighted by Gasteiger charge is 2.21. The van der Waals surface area contributed by atoms with Gasteiger partial charge in [-0.2, -0.15) is 0 Å². The number of hydrogen-bond acceptors (Lipinski definition) is 5. The van der Waals surface area contributed by atoms with Crippen LogP contribution in [0.3, 0.4) is 0 Å². The minimum atomic E-state index is -1.03. The predicted molar refractivity (Wildman–Crippen MR) is 70.7 cm³/mol. The zero-order valence-corrected chi connectivity index (χ0v) is 11.2. The van der Waals surface area contributed by atoms with Crippen molar-refractivity contribution >= 4 is 11.4 Å². The molecular weight excluding hydrogens is 253 g/mol.